The van der Waals surface area contributed by atoms with Crippen molar-refractivity contribution in [2.24, 2.45) is 11.3 Å². The zero-order valence-corrected chi connectivity index (χ0v) is 10.2. The van der Waals surface area contributed by atoms with Crippen molar-refractivity contribution in [1.82, 2.24) is 15.1 Å². The number of rotatable bonds is 7. The Morgan fingerprint density at radius 3 is 2.88 bits per heavy atom. The molecular formula is C13H21N3O. The van der Waals surface area contributed by atoms with E-state index in [2.05, 4.69) is 10.4 Å². The molecule has 1 aromatic heterocycles. The van der Waals surface area contributed by atoms with Crippen molar-refractivity contribution >= 4 is 0 Å². The molecule has 0 aromatic carbocycles. The molecule has 2 aliphatic carbocycles. The number of nitrogens with zero attached hydrogens (tertiary/aromatic N) is 2. The fourth-order valence-corrected chi connectivity index (χ4v) is 2.76. The van der Waals surface area contributed by atoms with Crippen LogP contribution < -0.4 is 5.32 Å². The molecule has 1 unspecified atom stereocenters. The molecule has 2 saturated carbocycles. The SMILES string of the molecule is OC(CNCC1(C2CC2)CC1)Cn1cccn1. The summed E-state index contributed by atoms with van der Waals surface area (Å²) in [6, 6.07) is 1.88. The van der Waals surface area contributed by atoms with E-state index in [4.69, 9.17) is 0 Å². The Morgan fingerprint density at radius 2 is 2.29 bits per heavy atom. The molecule has 0 aliphatic heterocycles. The van der Waals surface area contributed by atoms with Crippen LogP contribution in [0, 0.1) is 11.3 Å². The van der Waals surface area contributed by atoms with E-state index in [0.29, 0.717) is 18.5 Å². The van der Waals surface area contributed by atoms with E-state index < -0.39 is 0 Å². The van der Waals surface area contributed by atoms with E-state index in [1.807, 2.05) is 12.3 Å². The Kier molecular flexibility index (Phi) is 2.92. The van der Waals surface area contributed by atoms with Crippen LogP contribution in [0.3, 0.4) is 0 Å². The second kappa shape index (κ2) is 4.42. The van der Waals surface area contributed by atoms with Crippen molar-refractivity contribution < 1.29 is 5.11 Å². The molecule has 0 amide bonds. The lowest BCUT2D eigenvalue weighted by molar-refractivity contribution is 0.144. The summed E-state index contributed by atoms with van der Waals surface area (Å²) in [5, 5.41) is 17.4. The van der Waals surface area contributed by atoms with Gasteiger partial charge in [0.1, 0.15) is 0 Å². The van der Waals surface area contributed by atoms with Gasteiger partial charge in [0.2, 0.25) is 0 Å². The highest BCUT2D eigenvalue weighted by Crippen LogP contribution is 2.60. The third-order valence-corrected chi connectivity index (χ3v) is 4.15. The lowest BCUT2D eigenvalue weighted by atomic mass is 10.0. The Bertz CT molecular complexity index is 355. The maximum Gasteiger partial charge on any atom is 0.0860 e. The highest BCUT2D eigenvalue weighted by Gasteiger charge is 2.53. The summed E-state index contributed by atoms with van der Waals surface area (Å²) in [6.45, 7) is 2.35. The molecule has 0 radical (unpaired) electrons. The Balaban J connectivity index is 1.36. The first-order valence-electron chi connectivity index (χ1n) is 6.65. The molecule has 94 valence electrons. The second-order valence-corrected chi connectivity index (χ2v) is 5.65. The van der Waals surface area contributed by atoms with Crippen LogP contribution in [0.15, 0.2) is 18.5 Å². The third kappa shape index (κ3) is 2.69. The number of aromatic nitrogens is 2. The number of hydrogen-bond donors (Lipinski definition) is 2. The van der Waals surface area contributed by atoms with E-state index in [0.717, 1.165) is 12.5 Å². The monoisotopic (exact) mass is 235 g/mol. The highest BCUT2D eigenvalue weighted by atomic mass is 16.3. The molecule has 1 aromatic rings. The summed E-state index contributed by atoms with van der Waals surface area (Å²) in [4.78, 5) is 0. The Morgan fingerprint density at radius 1 is 1.47 bits per heavy atom. The Hall–Kier alpha value is -0.870. The number of nitrogens with one attached hydrogen (secondary N) is 1. The molecule has 4 nitrogen and oxygen atoms in total. The predicted octanol–water partition coefficient (Wildman–Crippen LogP) is 1.02. The van der Waals surface area contributed by atoms with Crippen LogP contribution in [-0.2, 0) is 6.54 Å². The van der Waals surface area contributed by atoms with Gasteiger partial charge >= 0.3 is 0 Å². The zero-order chi connectivity index (χ0) is 11.7. The summed E-state index contributed by atoms with van der Waals surface area (Å²) >= 11 is 0. The summed E-state index contributed by atoms with van der Waals surface area (Å²) in [5.41, 5.74) is 0.616. The minimum Gasteiger partial charge on any atom is -0.390 e. The van der Waals surface area contributed by atoms with Gasteiger partial charge in [-0.2, -0.15) is 5.10 Å². The van der Waals surface area contributed by atoms with Crippen LogP contribution in [-0.4, -0.2) is 34.1 Å². The normalized spacial score (nSPS) is 23.6. The minimum absolute atomic E-state index is 0.343. The van der Waals surface area contributed by atoms with Gasteiger partial charge in [-0.05, 0) is 43.1 Å². The van der Waals surface area contributed by atoms with Crippen molar-refractivity contribution in [3.63, 3.8) is 0 Å². The van der Waals surface area contributed by atoms with Crippen LogP contribution in [0.5, 0.6) is 0 Å². The number of aliphatic hydroxyl groups excluding tert-OH is 1. The van der Waals surface area contributed by atoms with Crippen molar-refractivity contribution in [3.8, 4) is 0 Å². The fourth-order valence-electron chi connectivity index (χ4n) is 2.76. The minimum atomic E-state index is -0.343. The van der Waals surface area contributed by atoms with Gasteiger partial charge in [0, 0.05) is 25.5 Å². The number of hydrogen-bond acceptors (Lipinski definition) is 3. The van der Waals surface area contributed by atoms with E-state index >= 15 is 0 Å². The van der Waals surface area contributed by atoms with E-state index in [9.17, 15) is 5.11 Å². The largest absolute Gasteiger partial charge is 0.390 e. The topological polar surface area (TPSA) is 50.1 Å². The highest BCUT2D eigenvalue weighted by molar-refractivity contribution is 5.05. The molecule has 3 rings (SSSR count). The van der Waals surface area contributed by atoms with Crippen LogP contribution >= 0.6 is 0 Å². The van der Waals surface area contributed by atoms with E-state index in [-0.39, 0.29) is 6.10 Å². The van der Waals surface area contributed by atoms with Gasteiger partial charge in [-0.25, -0.2) is 0 Å². The van der Waals surface area contributed by atoms with E-state index in [1.165, 1.54) is 25.7 Å². The molecule has 1 atom stereocenters. The summed E-state index contributed by atoms with van der Waals surface area (Å²) in [5.74, 6) is 0.984. The fraction of sp³-hybridized carbons (Fsp3) is 0.769. The maximum absolute atomic E-state index is 9.87. The van der Waals surface area contributed by atoms with Crippen LogP contribution in [0.1, 0.15) is 25.7 Å². The van der Waals surface area contributed by atoms with Crippen molar-refractivity contribution in [1.29, 1.82) is 0 Å². The molecule has 1 heterocycles. The molecule has 0 spiro atoms. The van der Waals surface area contributed by atoms with E-state index in [1.54, 1.807) is 10.9 Å². The smallest absolute Gasteiger partial charge is 0.0860 e. The first-order chi connectivity index (χ1) is 8.28. The van der Waals surface area contributed by atoms with Gasteiger partial charge in [-0.3, -0.25) is 4.68 Å². The molecule has 4 heteroatoms. The van der Waals surface area contributed by atoms with Crippen molar-refractivity contribution in [2.45, 2.75) is 38.3 Å². The summed E-state index contributed by atoms with van der Waals surface area (Å²) in [6.07, 6.45) is 8.92. The van der Waals surface area contributed by atoms with Gasteiger partial charge in [0.05, 0.1) is 12.6 Å². The molecule has 2 aliphatic rings. The van der Waals surface area contributed by atoms with Gasteiger partial charge < -0.3 is 10.4 Å². The van der Waals surface area contributed by atoms with Gasteiger partial charge in [-0.15, -0.1) is 0 Å². The van der Waals surface area contributed by atoms with Crippen molar-refractivity contribution in [3.05, 3.63) is 18.5 Å². The molecule has 0 saturated heterocycles. The van der Waals surface area contributed by atoms with Gasteiger partial charge in [0.25, 0.3) is 0 Å². The lowest BCUT2D eigenvalue weighted by Gasteiger charge is -2.17. The maximum atomic E-state index is 9.87. The molecule has 17 heavy (non-hydrogen) atoms. The first-order valence-corrected chi connectivity index (χ1v) is 6.65. The molecule has 2 N–H and O–H groups in total. The quantitative estimate of drug-likeness (QED) is 0.742. The van der Waals surface area contributed by atoms with Crippen molar-refractivity contribution in [2.75, 3.05) is 13.1 Å². The molecule has 0 bridgehead atoms. The van der Waals surface area contributed by atoms with Crippen LogP contribution in [0.25, 0.3) is 0 Å². The summed E-state index contributed by atoms with van der Waals surface area (Å²) < 4.78 is 1.78. The predicted molar refractivity (Wildman–Crippen MR) is 65.5 cm³/mol. The van der Waals surface area contributed by atoms with Crippen LogP contribution in [0.2, 0.25) is 0 Å². The average molecular weight is 235 g/mol. The Labute approximate surface area is 102 Å². The lowest BCUT2D eigenvalue weighted by Crippen LogP contribution is -2.34. The van der Waals surface area contributed by atoms with Crippen LogP contribution in [0.4, 0.5) is 0 Å². The summed E-state index contributed by atoms with van der Waals surface area (Å²) in [7, 11) is 0. The molecular weight excluding hydrogens is 214 g/mol. The first kappa shape index (κ1) is 11.2. The average Bonchev–Trinajstić information content (AvgIpc) is 3.19. The number of aliphatic hydroxyl groups is 1. The second-order valence-electron chi connectivity index (χ2n) is 5.65. The zero-order valence-electron chi connectivity index (χ0n) is 10.2. The van der Waals surface area contributed by atoms with Gasteiger partial charge in [0.15, 0.2) is 0 Å². The van der Waals surface area contributed by atoms with Gasteiger partial charge in [-0.1, -0.05) is 0 Å². The molecule has 2 fully saturated rings. The third-order valence-electron chi connectivity index (χ3n) is 4.15. The standard InChI is InChI=1S/C13H21N3O/c17-12(9-16-7-1-6-15-16)8-14-10-13(4-5-13)11-2-3-11/h1,6-7,11-12,14,17H,2-5,8-10H2.